The van der Waals surface area contributed by atoms with E-state index in [2.05, 4.69) is 10.3 Å². The van der Waals surface area contributed by atoms with E-state index in [1.165, 1.54) is 0 Å². The zero-order valence-corrected chi connectivity index (χ0v) is 10.2. The van der Waals surface area contributed by atoms with Gasteiger partial charge in [0.1, 0.15) is 5.82 Å². The van der Waals surface area contributed by atoms with Crippen LogP contribution in [0.2, 0.25) is 5.02 Å². The summed E-state index contributed by atoms with van der Waals surface area (Å²) in [6, 6.07) is 5.28. The molecule has 0 aliphatic heterocycles. The molecule has 2 rings (SSSR count). The Hall–Kier alpha value is -2.01. The molecule has 4 N–H and O–H groups in total. The highest BCUT2D eigenvalue weighted by atomic mass is 35.5. The number of benzene rings is 1. The minimum absolute atomic E-state index is 0.0289. The number of carboxylic acid groups (broad SMARTS) is 1. The molecule has 2 aromatic rings. The number of anilines is 2. The first kappa shape index (κ1) is 12.4. The molecule has 0 saturated carbocycles. The third-order valence-electron chi connectivity index (χ3n) is 2.57. The first-order chi connectivity index (χ1) is 8.59. The van der Waals surface area contributed by atoms with Gasteiger partial charge in [0.25, 0.3) is 0 Å². The van der Waals surface area contributed by atoms with Crippen LogP contribution in [-0.2, 0) is 4.79 Å². The highest BCUT2D eigenvalue weighted by molar-refractivity contribution is 6.34. The van der Waals surface area contributed by atoms with Crippen LogP contribution in [0.3, 0.4) is 0 Å². The Labute approximate surface area is 109 Å². The van der Waals surface area contributed by atoms with E-state index in [4.69, 9.17) is 22.4 Å². The third kappa shape index (κ3) is 2.46. The van der Waals surface area contributed by atoms with Gasteiger partial charge in [-0.05, 0) is 18.2 Å². The molecule has 0 saturated heterocycles. The lowest BCUT2D eigenvalue weighted by molar-refractivity contribution is -0.136. The molecule has 0 atom stereocenters. The van der Waals surface area contributed by atoms with Crippen LogP contribution in [0.25, 0.3) is 10.8 Å². The molecule has 1 heterocycles. The van der Waals surface area contributed by atoms with Crippen LogP contribution in [-0.4, -0.2) is 22.6 Å². The minimum Gasteiger partial charge on any atom is -0.481 e. The number of carbonyl (C=O) groups is 1. The fraction of sp³-hybridized carbons (Fsp3) is 0.167. The molecule has 1 aromatic heterocycles. The van der Waals surface area contributed by atoms with Crippen molar-refractivity contribution in [2.45, 2.75) is 6.42 Å². The summed E-state index contributed by atoms with van der Waals surface area (Å²) < 4.78 is 0. The molecule has 0 aliphatic rings. The van der Waals surface area contributed by atoms with Crippen LogP contribution < -0.4 is 11.1 Å². The van der Waals surface area contributed by atoms with Gasteiger partial charge >= 0.3 is 5.97 Å². The molecule has 0 unspecified atom stereocenters. The average molecular weight is 266 g/mol. The summed E-state index contributed by atoms with van der Waals surface area (Å²) in [5.74, 6) is -0.248. The smallest absolute Gasteiger partial charge is 0.305 e. The van der Waals surface area contributed by atoms with Crippen molar-refractivity contribution in [3.8, 4) is 0 Å². The van der Waals surface area contributed by atoms with E-state index >= 15 is 0 Å². The van der Waals surface area contributed by atoms with Gasteiger partial charge in [-0.25, -0.2) is 4.98 Å². The van der Waals surface area contributed by atoms with Crippen LogP contribution in [0.5, 0.6) is 0 Å². The summed E-state index contributed by atoms with van der Waals surface area (Å²) in [4.78, 5) is 14.6. The monoisotopic (exact) mass is 265 g/mol. The maximum absolute atomic E-state index is 10.5. The topological polar surface area (TPSA) is 88.2 Å². The van der Waals surface area contributed by atoms with E-state index in [0.717, 1.165) is 10.8 Å². The van der Waals surface area contributed by atoms with Crippen LogP contribution in [0.15, 0.2) is 24.4 Å². The van der Waals surface area contributed by atoms with Crippen LogP contribution in [0.4, 0.5) is 11.5 Å². The average Bonchev–Trinajstić information content (AvgIpc) is 2.34. The Bertz CT molecular complexity index is 601. The fourth-order valence-corrected chi connectivity index (χ4v) is 1.85. The molecule has 0 fully saturated rings. The maximum atomic E-state index is 10.5. The number of hydrogen-bond acceptors (Lipinski definition) is 4. The lowest BCUT2D eigenvalue weighted by Crippen LogP contribution is -2.09. The van der Waals surface area contributed by atoms with Gasteiger partial charge < -0.3 is 16.2 Å². The number of carboxylic acids is 1. The van der Waals surface area contributed by atoms with Gasteiger partial charge in [-0.2, -0.15) is 0 Å². The first-order valence-electron chi connectivity index (χ1n) is 5.38. The Morgan fingerprint density at radius 1 is 1.39 bits per heavy atom. The molecule has 0 spiro atoms. The molecule has 0 bridgehead atoms. The number of pyridine rings is 1. The number of nitrogens with zero attached hydrogens (tertiary/aromatic N) is 1. The lowest BCUT2D eigenvalue weighted by Gasteiger charge is -2.09. The van der Waals surface area contributed by atoms with Gasteiger partial charge in [0.2, 0.25) is 0 Å². The molecule has 6 heteroatoms. The molecule has 5 nitrogen and oxygen atoms in total. The Balaban J connectivity index is 2.34. The molecule has 0 radical (unpaired) electrons. The van der Waals surface area contributed by atoms with Crippen molar-refractivity contribution in [3.05, 3.63) is 29.4 Å². The number of halogens is 1. The van der Waals surface area contributed by atoms with Gasteiger partial charge in [-0.3, -0.25) is 4.79 Å². The predicted octanol–water partition coefficient (Wildman–Crippen LogP) is 2.36. The van der Waals surface area contributed by atoms with Gasteiger partial charge in [-0.15, -0.1) is 0 Å². The molecular weight excluding hydrogens is 254 g/mol. The summed E-state index contributed by atoms with van der Waals surface area (Å²) in [6.07, 6.45) is 1.64. The number of aromatic nitrogens is 1. The van der Waals surface area contributed by atoms with Gasteiger partial charge in [0.15, 0.2) is 0 Å². The van der Waals surface area contributed by atoms with Crippen molar-refractivity contribution in [3.63, 3.8) is 0 Å². The van der Waals surface area contributed by atoms with E-state index in [1.807, 2.05) is 6.07 Å². The zero-order chi connectivity index (χ0) is 13.1. The van der Waals surface area contributed by atoms with E-state index in [9.17, 15) is 4.79 Å². The predicted molar refractivity (Wildman–Crippen MR) is 71.9 cm³/mol. The summed E-state index contributed by atoms with van der Waals surface area (Å²) in [5.41, 5.74) is 6.38. The molecular formula is C12H12ClN3O2. The number of nitrogens with two attached hydrogens (primary N) is 1. The second kappa shape index (κ2) is 5.10. The van der Waals surface area contributed by atoms with Crippen LogP contribution in [0.1, 0.15) is 6.42 Å². The Kier molecular flexibility index (Phi) is 3.53. The van der Waals surface area contributed by atoms with E-state index in [0.29, 0.717) is 23.1 Å². The Morgan fingerprint density at radius 3 is 2.89 bits per heavy atom. The van der Waals surface area contributed by atoms with Crippen LogP contribution in [0, 0.1) is 0 Å². The van der Waals surface area contributed by atoms with Crippen molar-refractivity contribution >= 4 is 39.8 Å². The highest BCUT2D eigenvalue weighted by Gasteiger charge is 2.07. The fourth-order valence-electron chi connectivity index (χ4n) is 1.68. The van der Waals surface area contributed by atoms with E-state index in [1.54, 1.807) is 18.3 Å². The van der Waals surface area contributed by atoms with Crippen molar-refractivity contribution in [1.29, 1.82) is 0 Å². The van der Waals surface area contributed by atoms with E-state index < -0.39 is 5.97 Å². The standard InChI is InChI=1S/C12H12ClN3O2/c13-9-2-1-8-7(11(9)14)3-5-15-12(8)16-6-4-10(17)18/h1-3,5H,4,6,14H2,(H,15,16)(H,17,18). The largest absolute Gasteiger partial charge is 0.481 e. The van der Waals surface area contributed by atoms with Crippen LogP contribution >= 0.6 is 11.6 Å². The SMILES string of the molecule is Nc1c(Cl)ccc2c(NCCC(=O)O)nccc12. The van der Waals surface area contributed by atoms with Crippen molar-refractivity contribution in [2.75, 3.05) is 17.6 Å². The number of aliphatic carboxylic acids is 1. The number of hydrogen-bond donors (Lipinski definition) is 3. The summed E-state index contributed by atoms with van der Waals surface area (Å²) in [7, 11) is 0. The van der Waals surface area contributed by atoms with Gasteiger partial charge in [0.05, 0.1) is 17.1 Å². The maximum Gasteiger partial charge on any atom is 0.305 e. The second-order valence-electron chi connectivity index (χ2n) is 3.79. The molecule has 0 aliphatic carbocycles. The number of nitrogens with one attached hydrogen (secondary N) is 1. The molecule has 18 heavy (non-hydrogen) atoms. The van der Waals surface area contributed by atoms with Crippen molar-refractivity contribution < 1.29 is 9.90 Å². The first-order valence-corrected chi connectivity index (χ1v) is 5.75. The van der Waals surface area contributed by atoms with Crippen molar-refractivity contribution in [1.82, 2.24) is 4.98 Å². The summed E-state index contributed by atoms with van der Waals surface area (Å²) in [6.45, 7) is 0.310. The molecule has 1 aromatic carbocycles. The number of fused-ring (bicyclic) bond motifs is 1. The van der Waals surface area contributed by atoms with Gasteiger partial charge in [0, 0.05) is 23.5 Å². The number of nitrogen functional groups attached to an aromatic ring is 1. The van der Waals surface area contributed by atoms with E-state index in [-0.39, 0.29) is 6.42 Å². The quantitative estimate of drug-likeness (QED) is 0.739. The van der Waals surface area contributed by atoms with Crippen molar-refractivity contribution in [2.24, 2.45) is 0 Å². The summed E-state index contributed by atoms with van der Waals surface area (Å²) >= 11 is 5.94. The van der Waals surface area contributed by atoms with Gasteiger partial charge in [-0.1, -0.05) is 11.6 Å². The molecule has 0 amide bonds. The zero-order valence-electron chi connectivity index (χ0n) is 9.48. The number of rotatable bonds is 4. The lowest BCUT2D eigenvalue weighted by atomic mass is 10.1. The Morgan fingerprint density at radius 2 is 2.17 bits per heavy atom. The summed E-state index contributed by atoms with van der Waals surface area (Å²) in [5, 5.41) is 13.7. The molecule has 94 valence electrons. The highest BCUT2D eigenvalue weighted by Crippen LogP contribution is 2.31. The minimum atomic E-state index is -0.856. The third-order valence-corrected chi connectivity index (χ3v) is 2.89. The second-order valence-corrected chi connectivity index (χ2v) is 4.19. The normalized spacial score (nSPS) is 10.5.